The molecule has 1 aliphatic heterocycles. The van der Waals surface area contributed by atoms with Gasteiger partial charge in [0.05, 0.1) is 0 Å². The fourth-order valence-electron chi connectivity index (χ4n) is 2.20. The van der Waals surface area contributed by atoms with Gasteiger partial charge in [-0.1, -0.05) is 0 Å². The molecule has 1 saturated heterocycles. The minimum absolute atomic E-state index is 0.0820. The first-order chi connectivity index (χ1) is 8.55. The zero-order valence-corrected chi connectivity index (χ0v) is 10.9. The smallest absolute Gasteiger partial charge is 0.336 e. The van der Waals surface area contributed by atoms with Gasteiger partial charge in [-0.05, 0) is 19.4 Å². The average Bonchev–Trinajstić information content (AvgIpc) is 2.38. The predicted octanol–water partition coefficient (Wildman–Crippen LogP) is 0.208. The maximum atomic E-state index is 11.8. The van der Waals surface area contributed by atoms with Crippen LogP contribution in [0.3, 0.4) is 0 Å². The Morgan fingerprint density at radius 3 is 2.39 bits per heavy atom. The molecule has 1 rings (SSSR count). The minimum Gasteiger partial charge on any atom is -0.479 e. The third-order valence-corrected chi connectivity index (χ3v) is 3.55. The second kappa shape index (κ2) is 6.70. The van der Waals surface area contributed by atoms with E-state index in [1.54, 1.807) is 4.90 Å². The van der Waals surface area contributed by atoms with Crippen molar-refractivity contribution in [2.75, 3.05) is 26.7 Å². The van der Waals surface area contributed by atoms with Crippen LogP contribution in [-0.4, -0.2) is 54.2 Å². The molecule has 1 heterocycles. The number of piperidine rings is 1. The highest BCUT2D eigenvalue weighted by Gasteiger charge is 2.42. The molecule has 0 unspecified atom stereocenters. The number of carboxylic acids is 1. The number of unbranched alkanes of at least 4 members (excludes halogenated alkanes) is 1. The Morgan fingerprint density at radius 1 is 1.33 bits per heavy atom. The van der Waals surface area contributed by atoms with Crippen LogP contribution < -0.4 is 5.73 Å². The van der Waals surface area contributed by atoms with E-state index in [0.29, 0.717) is 38.9 Å². The maximum absolute atomic E-state index is 11.8. The van der Waals surface area contributed by atoms with E-state index in [9.17, 15) is 9.59 Å². The molecule has 1 fully saturated rings. The van der Waals surface area contributed by atoms with Crippen LogP contribution in [0.1, 0.15) is 32.1 Å². The molecule has 0 saturated carbocycles. The van der Waals surface area contributed by atoms with Gasteiger partial charge in [0.1, 0.15) is 0 Å². The number of carboxylic acid groups (broad SMARTS) is 1. The first-order valence-corrected chi connectivity index (χ1v) is 6.32. The quantitative estimate of drug-likeness (QED) is 0.664. The number of methoxy groups -OCH3 is 1. The molecule has 1 aliphatic rings. The van der Waals surface area contributed by atoms with Crippen molar-refractivity contribution >= 4 is 11.9 Å². The molecule has 0 aliphatic carbocycles. The highest BCUT2D eigenvalue weighted by Crippen LogP contribution is 2.26. The predicted molar refractivity (Wildman–Crippen MR) is 66.1 cm³/mol. The lowest BCUT2D eigenvalue weighted by Gasteiger charge is -2.37. The third kappa shape index (κ3) is 3.43. The summed E-state index contributed by atoms with van der Waals surface area (Å²) in [5.41, 5.74) is 4.26. The number of carbonyl (C=O) groups is 2. The van der Waals surface area contributed by atoms with Crippen molar-refractivity contribution in [3.8, 4) is 0 Å². The molecule has 0 atom stereocenters. The Labute approximate surface area is 107 Å². The van der Waals surface area contributed by atoms with E-state index in [0.717, 1.165) is 12.8 Å². The van der Waals surface area contributed by atoms with Crippen molar-refractivity contribution in [3.63, 3.8) is 0 Å². The highest BCUT2D eigenvalue weighted by atomic mass is 16.5. The van der Waals surface area contributed by atoms with Crippen LogP contribution in [-0.2, 0) is 14.3 Å². The largest absolute Gasteiger partial charge is 0.479 e. The van der Waals surface area contributed by atoms with Gasteiger partial charge in [-0.25, -0.2) is 4.79 Å². The van der Waals surface area contributed by atoms with Crippen molar-refractivity contribution in [3.05, 3.63) is 0 Å². The standard InChI is InChI=1S/C12H22N2O4/c1-18-12(11(16)17)5-8-14(9-6-12)10(15)4-2-3-7-13/h2-9,13H2,1H3,(H,16,17). The average molecular weight is 258 g/mol. The maximum Gasteiger partial charge on any atom is 0.336 e. The van der Waals surface area contributed by atoms with Gasteiger partial charge >= 0.3 is 5.97 Å². The molecule has 0 bridgehead atoms. The first-order valence-electron chi connectivity index (χ1n) is 6.32. The SMILES string of the molecule is COC1(C(=O)O)CCN(C(=O)CCCCN)CC1. The van der Waals surface area contributed by atoms with Gasteiger partial charge in [0.15, 0.2) is 5.60 Å². The van der Waals surface area contributed by atoms with Crippen LogP contribution in [0.15, 0.2) is 0 Å². The first kappa shape index (κ1) is 14.9. The second-order valence-corrected chi connectivity index (χ2v) is 4.63. The molecule has 0 aromatic heterocycles. The summed E-state index contributed by atoms with van der Waals surface area (Å²) in [6.07, 6.45) is 2.82. The Morgan fingerprint density at radius 2 is 1.94 bits per heavy atom. The fraction of sp³-hybridized carbons (Fsp3) is 0.833. The van der Waals surface area contributed by atoms with Crippen LogP contribution in [0.4, 0.5) is 0 Å². The monoisotopic (exact) mass is 258 g/mol. The number of carbonyl (C=O) groups excluding carboxylic acids is 1. The van der Waals surface area contributed by atoms with E-state index in [4.69, 9.17) is 15.6 Å². The molecular weight excluding hydrogens is 236 g/mol. The lowest BCUT2D eigenvalue weighted by Crippen LogP contribution is -2.52. The van der Waals surface area contributed by atoms with Gasteiger partial charge in [0.25, 0.3) is 0 Å². The third-order valence-electron chi connectivity index (χ3n) is 3.55. The number of likely N-dealkylation sites (tertiary alicyclic amines) is 1. The summed E-state index contributed by atoms with van der Waals surface area (Å²) < 4.78 is 5.11. The molecule has 18 heavy (non-hydrogen) atoms. The van der Waals surface area contributed by atoms with Gasteiger partial charge in [-0.2, -0.15) is 0 Å². The molecule has 0 spiro atoms. The molecule has 0 aromatic rings. The van der Waals surface area contributed by atoms with Gasteiger partial charge in [-0.15, -0.1) is 0 Å². The zero-order valence-electron chi connectivity index (χ0n) is 10.9. The summed E-state index contributed by atoms with van der Waals surface area (Å²) in [5, 5.41) is 9.14. The van der Waals surface area contributed by atoms with Crippen LogP contribution in [0, 0.1) is 0 Å². The van der Waals surface area contributed by atoms with Crippen molar-refractivity contribution in [1.29, 1.82) is 0 Å². The van der Waals surface area contributed by atoms with Gasteiger partial charge in [-0.3, -0.25) is 4.79 Å². The Kier molecular flexibility index (Phi) is 5.55. The van der Waals surface area contributed by atoms with Crippen molar-refractivity contribution in [2.24, 2.45) is 5.73 Å². The minimum atomic E-state index is -1.12. The highest BCUT2D eigenvalue weighted by molar-refractivity contribution is 5.79. The number of nitrogens with two attached hydrogens (primary N) is 1. The van der Waals surface area contributed by atoms with Crippen molar-refractivity contribution in [2.45, 2.75) is 37.7 Å². The number of amides is 1. The van der Waals surface area contributed by atoms with Crippen molar-refractivity contribution < 1.29 is 19.4 Å². The van der Waals surface area contributed by atoms with E-state index in [-0.39, 0.29) is 5.91 Å². The molecule has 0 aromatic carbocycles. The lowest BCUT2D eigenvalue weighted by atomic mass is 9.91. The lowest BCUT2D eigenvalue weighted by molar-refractivity contribution is -0.170. The summed E-state index contributed by atoms with van der Waals surface area (Å²) in [4.78, 5) is 24.7. The second-order valence-electron chi connectivity index (χ2n) is 4.63. The van der Waals surface area contributed by atoms with Crippen LogP contribution >= 0.6 is 0 Å². The summed E-state index contributed by atoms with van der Waals surface area (Å²) >= 11 is 0. The molecule has 6 heteroatoms. The van der Waals surface area contributed by atoms with E-state index in [2.05, 4.69) is 0 Å². The van der Waals surface area contributed by atoms with Crippen LogP contribution in [0.2, 0.25) is 0 Å². The van der Waals surface area contributed by atoms with Crippen LogP contribution in [0.25, 0.3) is 0 Å². The molecular formula is C12H22N2O4. The zero-order chi connectivity index (χ0) is 13.6. The topological polar surface area (TPSA) is 92.9 Å². The number of hydrogen-bond donors (Lipinski definition) is 2. The van der Waals surface area contributed by atoms with E-state index < -0.39 is 11.6 Å². The Balaban J connectivity index is 2.43. The number of aliphatic carboxylic acids is 1. The molecule has 3 N–H and O–H groups in total. The van der Waals surface area contributed by atoms with E-state index in [1.165, 1.54) is 7.11 Å². The van der Waals surface area contributed by atoms with Crippen LogP contribution in [0.5, 0.6) is 0 Å². The molecule has 6 nitrogen and oxygen atoms in total. The normalized spacial score (nSPS) is 18.7. The molecule has 104 valence electrons. The van der Waals surface area contributed by atoms with Gasteiger partial charge in [0, 0.05) is 39.5 Å². The Bertz CT molecular complexity index is 298. The Hall–Kier alpha value is -1.14. The number of nitrogens with zero attached hydrogens (tertiary/aromatic N) is 1. The molecule has 0 radical (unpaired) electrons. The fourth-order valence-corrected chi connectivity index (χ4v) is 2.20. The number of rotatable bonds is 6. The summed E-state index contributed by atoms with van der Waals surface area (Å²) in [7, 11) is 1.41. The van der Waals surface area contributed by atoms with E-state index >= 15 is 0 Å². The summed E-state index contributed by atoms with van der Waals surface area (Å²) in [6, 6.07) is 0. The number of ether oxygens (including phenoxy) is 1. The summed E-state index contributed by atoms with van der Waals surface area (Å²) in [5.74, 6) is -0.862. The van der Waals surface area contributed by atoms with E-state index in [1.807, 2.05) is 0 Å². The van der Waals surface area contributed by atoms with Gasteiger partial charge in [0.2, 0.25) is 5.91 Å². The van der Waals surface area contributed by atoms with Crippen molar-refractivity contribution in [1.82, 2.24) is 4.90 Å². The number of hydrogen-bond acceptors (Lipinski definition) is 4. The van der Waals surface area contributed by atoms with Gasteiger partial charge < -0.3 is 20.5 Å². The molecule has 1 amide bonds. The summed E-state index contributed by atoms with van der Waals surface area (Å²) in [6.45, 7) is 1.49.